The van der Waals surface area contributed by atoms with E-state index in [4.69, 9.17) is 4.98 Å². The third-order valence-corrected chi connectivity index (χ3v) is 4.77. The van der Waals surface area contributed by atoms with E-state index < -0.39 is 0 Å². The second-order valence-electron chi connectivity index (χ2n) is 6.91. The van der Waals surface area contributed by atoms with Gasteiger partial charge in [-0.1, -0.05) is 36.4 Å². The molecule has 0 saturated heterocycles. The number of phenols is 1. The molecular weight excluding hydrogens is 308 g/mol. The minimum Gasteiger partial charge on any atom is -0.507 e. The highest BCUT2D eigenvalue weighted by Gasteiger charge is 2.24. The van der Waals surface area contributed by atoms with E-state index in [-0.39, 0.29) is 0 Å². The number of aromatic hydroxyl groups is 1. The molecule has 0 fully saturated rings. The van der Waals surface area contributed by atoms with Crippen molar-refractivity contribution in [3.63, 3.8) is 0 Å². The minimum absolute atomic E-state index is 0.328. The molecule has 0 bridgehead atoms. The molecule has 1 aromatic heterocycles. The molecular formula is C22H22N2O. The van der Waals surface area contributed by atoms with Crippen LogP contribution in [-0.2, 0) is 6.42 Å². The molecule has 0 unspecified atom stereocenters. The van der Waals surface area contributed by atoms with Crippen molar-refractivity contribution in [3.8, 4) is 5.75 Å². The lowest BCUT2D eigenvalue weighted by molar-refractivity contribution is 0.438. The van der Waals surface area contributed by atoms with Crippen LogP contribution in [0.5, 0.6) is 5.75 Å². The van der Waals surface area contributed by atoms with E-state index in [9.17, 15) is 5.11 Å². The number of likely N-dealkylation sites (N-methyl/N-ethyl adjacent to an activating group) is 1. The fourth-order valence-corrected chi connectivity index (χ4v) is 3.71. The lowest BCUT2D eigenvalue weighted by Gasteiger charge is -2.26. The number of para-hydroxylation sites is 2. The van der Waals surface area contributed by atoms with Gasteiger partial charge in [0.1, 0.15) is 5.75 Å². The molecule has 2 aromatic carbocycles. The summed E-state index contributed by atoms with van der Waals surface area (Å²) in [6.45, 7) is 0.885. The fourth-order valence-electron chi connectivity index (χ4n) is 3.71. The zero-order chi connectivity index (χ0) is 17.4. The van der Waals surface area contributed by atoms with Gasteiger partial charge in [-0.2, -0.15) is 0 Å². The maximum absolute atomic E-state index is 10.5. The number of hydrogen-bond acceptors (Lipinski definition) is 3. The highest BCUT2D eigenvalue weighted by atomic mass is 16.3. The lowest BCUT2D eigenvalue weighted by atomic mass is 9.83. The van der Waals surface area contributed by atoms with Crippen LogP contribution in [-0.4, -0.2) is 35.6 Å². The standard InChI is InChI=1S/C22H22N2O/c1-24(2)14-16-11-12-20-18(13-15-7-3-5-9-19(15)23-20)22(16)17-8-4-6-10-21(17)25/h3-10,13,25H,11-12,14H2,1-2H3. The number of aromatic nitrogens is 1. The number of rotatable bonds is 3. The molecule has 1 heterocycles. The van der Waals surface area contributed by atoms with Gasteiger partial charge >= 0.3 is 0 Å². The normalized spacial score (nSPS) is 14.2. The molecule has 4 rings (SSSR count). The van der Waals surface area contributed by atoms with E-state index in [1.807, 2.05) is 30.3 Å². The summed E-state index contributed by atoms with van der Waals surface area (Å²) < 4.78 is 0. The van der Waals surface area contributed by atoms with Crippen LogP contribution in [0.3, 0.4) is 0 Å². The number of benzene rings is 2. The van der Waals surface area contributed by atoms with E-state index in [1.165, 1.54) is 5.57 Å². The first-order chi connectivity index (χ1) is 12.1. The zero-order valence-electron chi connectivity index (χ0n) is 14.7. The molecule has 1 aliphatic carbocycles. The molecule has 25 heavy (non-hydrogen) atoms. The molecule has 0 amide bonds. The fraction of sp³-hybridized carbons (Fsp3) is 0.227. The Morgan fingerprint density at radius 1 is 0.960 bits per heavy atom. The summed E-state index contributed by atoms with van der Waals surface area (Å²) in [4.78, 5) is 7.09. The Morgan fingerprint density at radius 2 is 1.72 bits per heavy atom. The van der Waals surface area contributed by atoms with E-state index in [0.717, 1.165) is 52.7 Å². The summed E-state index contributed by atoms with van der Waals surface area (Å²) in [7, 11) is 4.17. The molecule has 0 spiro atoms. The molecule has 3 heteroatoms. The molecule has 3 nitrogen and oxygen atoms in total. The van der Waals surface area contributed by atoms with Gasteiger partial charge in [0.15, 0.2) is 0 Å². The van der Waals surface area contributed by atoms with Crippen molar-refractivity contribution in [2.75, 3.05) is 20.6 Å². The molecule has 0 atom stereocenters. The van der Waals surface area contributed by atoms with Crippen LogP contribution in [0.1, 0.15) is 23.2 Å². The Hall–Kier alpha value is -2.65. The van der Waals surface area contributed by atoms with Crippen molar-refractivity contribution in [1.29, 1.82) is 0 Å². The van der Waals surface area contributed by atoms with Crippen LogP contribution >= 0.6 is 0 Å². The van der Waals surface area contributed by atoms with Crippen molar-refractivity contribution >= 4 is 16.5 Å². The van der Waals surface area contributed by atoms with Crippen LogP contribution in [0.4, 0.5) is 0 Å². The highest BCUT2D eigenvalue weighted by molar-refractivity contribution is 5.91. The van der Waals surface area contributed by atoms with Crippen molar-refractivity contribution in [3.05, 3.63) is 77.0 Å². The Kier molecular flexibility index (Phi) is 4.02. The van der Waals surface area contributed by atoms with Gasteiger partial charge < -0.3 is 10.0 Å². The number of hydrogen-bond donors (Lipinski definition) is 1. The topological polar surface area (TPSA) is 36.4 Å². The van der Waals surface area contributed by atoms with Gasteiger partial charge in [0.25, 0.3) is 0 Å². The molecule has 0 aliphatic heterocycles. The predicted molar refractivity (Wildman–Crippen MR) is 103 cm³/mol. The number of phenolic OH excluding ortho intramolecular Hbond substituents is 1. The molecule has 0 saturated carbocycles. The quantitative estimate of drug-likeness (QED) is 0.780. The predicted octanol–water partition coefficient (Wildman–Crippen LogP) is 4.25. The molecule has 0 radical (unpaired) electrons. The summed E-state index contributed by atoms with van der Waals surface area (Å²) in [5.74, 6) is 0.328. The maximum Gasteiger partial charge on any atom is 0.123 e. The van der Waals surface area contributed by atoms with Gasteiger partial charge in [-0.15, -0.1) is 0 Å². The average molecular weight is 330 g/mol. The average Bonchev–Trinajstić information content (AvgIpc) is 2.60. The number of fused-ring (bicyclic) bond motifs is 2. The van der Waals surface area contributed by atoms with Gasteiger partial charge in [-0.05, 0) is 56.3 Å². The molecule has 3 aromatic rings. The molecule has 1 aliphatic rings. The van der Waals surface area contributed by atoms with E-state index >= 15 is 0 Å². The smallest absolute Gasteiger partial charge is 0.123 e. The molecule has 1 N–H and O–H groups in total. The third-order valence-electron chi connectivity index (χ3n) is 4.77. The first-order valence-corrected chi connectivity index (χ1v) is 8.67. The van der Waals surface area contributed by atoms with Crippen LogP contribution in [0.15, 0.2) is 60.2 Å². The zero-order valence-corrected chi connectivity index (χ0v) is 14.7. The van der Waals surface area contributed by atoms with Gasteiger partial charge in [0.05, 0.1) is 5.52 Å². The summed E-state index contributed by atoms with van der Waals surface area (Å²) in [6, 6.07) is 18.1. The minimum atomic E-state index is 0.328. The molecule has 126 valence electrons. The van der Waals surface area contributed by atoms with Gasteiger partial charge in [-0.3, -0.25) is 4.98 Å². The number of pyridine rings is 1. The van der Waals surface area contributed by atoms with Gasteiger partial charge in [0.2, 0.25) is 0 Å². The van der Waals surface area contributed by atoms with Crippen molar-refractivity contribution in [2.45, 2.75) is 12.8 Å². The first-order valence-electron chi connectivity index (χ1n) is 8.67. The van der Waals surface area contributed by atoms with Crippen molar-refractivity contribution in [2.24, 2.45) is 0 Å². The van der Waals surface area contributed by atoms with Crippen LogP contribution in [0.25, 0.3) is 16.5 Å². The summed E-state index contributed by atoms with van der Waals surface area (Å²) in [5.41, 5.74) is 6.72. The first kappa shape index (κ1) is 15.9. The Balaban J connectivity index is 1.99. The van der Waals surface area contributed by atoms with Crippen molar-refractivity contribution < 1.29 is 5.11 Å². The van der Waals surface area contributed by atoms with Crippen LogP contribution < -0.4 is 0 Å². The van der Waals surface area contributed by atoms with Crippen LogP contribution in [0.2, 0.25) is 0 Å². The van der Waals surface area contributed by atoms with Gasteiger partial charge in [0, 0.05) is 28.8 Å². The Labute approximate surface area is 148 Å². The second kappa shape index (κ2) is 6.34. The summed E-state index contributed by atoms with van der Waals surface area (Å²) in [5, 5.41) is 11.6. The lowest BCUT2D eigenvalue weighted by Crippen LogP contribution is -2.20. The summed E-state index contributed by atoms with van der Waals surface area (Å²) in [6.07, 6.45) is 1.92. The number of nitrogens with zero attached hydrogens (tertiary/aromatic N) is 2. The van der Waals surface area contributed by atoms with E-state index in [2.05, 4.69) is 37.2 Å². The van der Waals surface area contributed by atoms with Crippen LogP contribution in [0, 0.1) is 0 Å². The van der Waals surface area contributed by atoms with Crippen molar-refractivity contribution in [1.82, 2.24) is 9.88 Å². The Bertz CT molecular complexity index is 973. The van der Waals surface area contributed by atoms with Gasteiger partial charge in [-0.25, -0.2) is 0 Å². The Morgan fingerprint density at radius 3 is 2.52 bits per heavy atom. The van der Waals surface area contributed by atoms with E-state index in [0.29, 0.717) is 5.75 Å². The second-order valence-corrected chi connectivity index (χ2v) is 6.91. The third kappa shape index (κ3) is 2.92. The van der Waals surface area contributed by atoms with E-state index in [1.54, 1.807) is 6.07 Å². The monoisotopic (exact) mass is 330 g/mol. The summed E-state index contributed by atoms with van der Waals surface area (Å²) >= 11 is 0. The SMILES string of the molecule is CN(C)CC1=C(c2ccccc2O)c2cc3ccccc3nc2CC1. The maximum atomic E-state index is 10.5. The number of aryl methyl sites for hydroxylation is 1. The largest absolute Gasteiger partial charge is 0.507 e. The highest BCUT2D eigenvalue weighted by Crippen LogP contribution is 2.40.